The van der Waals surface area contributed by atoms with Gasteiger partial charge in [0.2, 0.25) is 0 Å². The number of aryl methyl sites for hydroxylation is 1. The molecule has 0 saturated carbocycles. The number of esters is 1. The summed E-state index contributed by atoms with van der Waals surface area (Å²) in [4.78, 5) is 28.2. The highest BCUT2D eigenvalue weighted by Crippen LogP contribution is 2.35. The number of Topliss-reactive ketones (excluding diaryl/α,β-unsaturated/α-hetero) is 1. The molecule has 0 aliphatic heterocycles. The van der Waals surface area contributed by atoms with Gasteiger partial charge < -0.3 is 9.72 Å². The van der Waals surface area contributed by atoms with E-state index in [4.69, 9.17) is 4.74 Å². The number of ether oxygens (including phenoxy) is 1. The minimum absolute atomic E-state index is 0.0945. The second-order valence-electron chi connectivity index (χ2n) is 6.77. The van der Waals surface area contributed by atoms with Gasteiger partial charge in [-0.05, 0) is 49.3 Å². The summed E-state index contributed by atoms with van der Waals surface area (Å²) in [6.07, 6.45) is 5.82. The molecule has 0 unspecified atom stereocenters. The van der Waals surface area contributed by atoms with E-state index in [0.29, 0.717) is 23.2 Å². The number of ketones is 1. The molecule has 26 heavy (non-hydrogen) atoms. The molecule has 4 heteroatoms. The Bertz CT molecular complexity index is 843. The first-order valence-electron chi connectivity index (χ1n) is 9.16. The van der Waals surface area contributed by atoms with Crippen molar-refractivity contribution in [3.8, 4) is 0 Å². The fourth-order valence-electron chi connectivity index (χ4n) is 3.59. The van der Waals surface area contributed by atoms with Crippen LogP contribution < -0.4 is 0 Å². The number of carbonyl (C=O) groups is 2. The number of aromatic nitrogens is 1. The Morgan fingerprint density at radius 1 is 1.27 bits per heavy atom. The maximum absolute atomic E-state index is 12.7. The molecule has 1 aromatic heterocycles. The molecule has 1 N–H and O–H groups in total. The monoisotopic (exact) mass is 351 g/mol. The molecule has 1 atom stereocenters. The maximum Gasteiger partial charge on any atom is 0.355 e. The van der Waals surface area contributed by atoms with Gasteiger partial charge in [0, 0.05) is 17.7 Å². The number of H-pyrrole nitrogens is 1. The van der Waals surface area contributed by atoms with E-state index in [-0.39, 0.29) is 18.3 Å². The minimum atomic E-state index is -0.411. The third-order valence-corrected chi connectivity index (χ3v) is 5.10. The summed E-state index contributed by atoms with van der Waals surface area (Å²) in [5.41, 5.74) is 5.08. The van der Waals surface area contributed by atoms with Crippen molar-refractivity contribution in [1.29, 1.82) is 0 Å². The van der Waals surface area contributed by atoms with Crippen LogP contribution >= 0.6 is 0 Å². The van der Waals surface area contributed by atoms with E-state index in [9.17, 15) is 9.59 Å². The third-order valence-electron chi connectivity index (χ3n) is 5.10. The Hall–Kier alpha value is -2.62. The molecule has 0 fully saturated rings. The summed E-state index contributed by atoms with van der Waals surface area (Å²) < 4.78 is 5.23. The highest BCUT2D eigenvalue weighted by atomic mass is 16.5. The quantitative estimate of drug-likeness (QED) is 0.636. The molecular weight excluding hydrogens is 326 g/mol. The summed E-state index contributed by atoms with van der Waals surface area (Å²) in [6.45, 7) is 6.05. The largest absolute Gasteiger partial charge is 0.457 e. The second-order valence-corrected chi connectivity index (χ2v) is 6.77. The molecule has 0 radical (unpaired) electrons. The number of fused-ring (bicyclic) bond motifs is 1. The number of hydrogen-bond donors (Lipinski definition) is 1. The zero-order valence-corrected chi connectivity index (χ0v) is 15.6. The molecule has 2 aromatic rings. The van der Waals surface area contributed by atoms with Gasteiger partial charge in [-0.15, -0.1) is 0 Å². The van der Waals surface area contributed by atoms with Crippen LogP contribution in [-0.4, -0.2) is 23.3 Å². The van der Waals surface area contributed by atoms with Crippen molar-refractivity contribution in [2.45, 2.75) is 46.0 Å². The smallest absolute Gasteiger partial charge is 0.355 e. The summed E-state index contributed by atoms with van der Waals surface area (Å²) in [7, 11) is 0. The molecule has 1 aliphatic rings. The fraction of sp³-hybridized carbons (Fsp3) is 0.364. The minimum Gasteiger partial charge on any atom is -0.457 e. The van der Waals surface area contributed by atoms with Crippen LogP contribution in [-0.2, 0) is 17.6 Å². The van der Waals surface area contributed by atoms with Crippen molar-refractivity contribution in [3.63, 3.8) is 0 Å². The molecule has 1 aromatic carbocycles. The van der Waals surface area contributed by atoms with E-state index in [1.807, 2.05) is 19.9 Å². The number of hydrogen-bond acceptors (Lipinski definition) is 3. The van der Waals surface area contributed by atoms with Gasteiger partial charge in [-0.2, -0.15) is 0 Å². The van der Waals surface area contributed by atoms with E-state index in [1.165, 1.54) is 11.1 Å². The molecule has 136 valence electrons. The summed E-state index contributed by atoms with van der Waals surface area (Å²) >= 11 is 0. The number of benzene rings is 1. The zero-order chi connectivity index (χ0) is 18.7. The standard InChI is InChI=1S/C22H25NO3/c1-4-6-11-26-22(25)21-14(3)20-18(23-21)12-17(13-19(20)24)16-9-7-15(5-2)8-10-16/h4,6-10,17,23H,5,11-13H2,1-3H3/b6-4+/t17-/m0/s1. The van der Waals surface area contributed by atoms with Gasteiger partial charge in [0.05, 0.1) is 0 Å². The van der Waals surface area contributed by atoms with Crippen molar-refractivity contribution in [2.75, 3.05) is 6.61 Å². The van der Waals surface area contributed by atoms with Crippen LogP contribution in [0.15, 0.2) is 36.4 Å². The molecule has 1 heterocycles. The van der Waals surface area contributed by atoms with Crippen LogP contribution in [0.25, 0.3) is 0 Å². The van der Waals surface area contributed by atoms with Crippen molar-refractivity contribution >= 4 is 11.8 Å². The summed E-state index contributed by atoms with van der Waals surface area (Å²) in [5, 5.41) is 0. The maximum atomic E-state index is 12.7. The Kier molecular flexibility index (Phi) is 5.40. The van der Waals surface area contributed by atoms with Crippen molar-refractivity contribution in [2.24, 2.45) is 0 Å². The normalized spacial score (nSPS) is 16.7. The van der Waals surface area contributed by atoms with E-state index >= 15 is 0 Å². The molecular formula is C22H25NO3. The van der Waals surface area contributed by atoms with Gasteiger partial charge in [-0.3, -0.25) is 4.79 Å². The lowest BCUT2D eigenvalue weighted by molar-refractivity contribution is 0.0542. The Balaban J connectivity index is 1.84. The second kappa shape index (κ2) is 7.73. The van der Waals surface area contributed by atoms with Crippen LogP contribution in [0, 0.1) is 6.92 Å². The molecule has 1 aliphatic carbocycles. The highest BCUT2D eigenvalue weighted by Gasteiger charge is 2.32. The van der Waals surface area contributed by atoms with Crippen LogP contribution in [0.3, 0.4) is 0 Å². The summed E-state index contributed by atoms with van der Waals surface area (Å²) in [6, 6.07) is 8.48. The highest BCUT2D eigenvalue weighted by molar-refractivity contribution is 6.03. The van der Waals surface area contributed by atoms with Crippen LogP contribution in [0.5, 0.6) is 0 Å². The lowest BCUT2D eigenvalue weighted by atomic mass is 9.81. The lowest BCUT2D eigenvalue weighted by Gasteiger charge is -2.22. The number of carbonyl (C=O) groups excluding carboxylic acids is 2. The van der Waals surface area contributed by atoms with Crippen LogP contribution in [0.4, 0.5) is 0 Å². The predicted molar refractivity (Wildman–Crippen MR) is 102 cm³/mol. The van der Waals surface area contributed by atoms with Crippen molar-refractivity contribution in [1.82, 2.24) is 4.98 Å². The number of nitrogens with one attached hydrogen (secondary N) is 1. The first kappa shape index (κ1) is 18.2. The van der Waals surface area contributed by atoms with E-state index in [0.717, 1.165) is 18.5 Å². The van der Waals surface area contributed by atoms with E-state index < -0.39 is 5.97 Å². The fourth-order valence-corrected chi connectivity index (χ4v) is 3.59. The topological polar surface area (TPSA) is 59.2 Å². The zero-order valence-electron chi connectivity index (χ0n) is 15.6. The summed E-state index contributed by atoms with van der Waals surface area (Å²) in [5.74, 6) is -0.172. The SMILES string of the molecule is C/C=C/COC(=O)c1[nH]c2c(c1C)C(=O)C[C@@H](c1ccc(CC)cc1)C2. The lowest BCUT2D eigenvalue weighted by Crippen LogP contribution is -2.18. The number of aromatic amines is 1. The Morgan fingerprint density at radius 3 is 2.65 bits per heavy atom. The molecule has 4 nitrogen and oxygen atoms in total. The van der Waals surface area contributed by atoms with Crippen LogP contribution in [0.2, 0.25) is 0 Å². The Labute approximate surface area is 154 Å². The number of rotatable bonds is 5. The van der Waals surface area contributed by atoms with E-state index in [1.54, 1.807) is 6.08 Å². The first-order valence-corrected chi connectivity index (χ1v) is 9.16. The molecule has 3 rings (SSSR count). The number of allylic oxidation sites excluding steroid dienone is 1. The van der Waals surface area contributed by atoms with Gasteiger partial charge in [-0.25, -0.2) is 4.79 Å². The van der Waals surface area contributed by atoms with Crippen LogP contribution in [0.1, 0.15) is 69.4 Å². The van der Waals surface area contributed by atoms with Crippen molar-refractivity contribution in [3.05, 3.63) is 70.1 Å². The molecule has 0 saturated heterocycles. The average Bonchev–Trinajstić information content (AvgIpc) is 2.99. The predicted octanol–water partition coefficient (Wildman–Crippen LogP) is 4.53. The first-order chi connectivity index (χ1) is 12.5. The van der Waals surface area contributed by atoms with Gasteiger partial charge in [0.25, 0.3) is 0 Å². The average molecular weight is 351 g/mol. The van der Waals surface area contributed by atoms with E-state index in [2.05, 4.69) is 36.2 Å². The third kappa shape index (κ3) is 3.50. The van der Waals surface area contributed by atoms with Gasteiger partial charge >= 0.3 is 5.97 Å². The Morgan fingerprint density at radius 2 is 2.00 bits per heavy atom. The van der Waals surface area contributed by atoms with Gasteiger partial charge in [0.1, 0.15) is 12.3 Å². The molecule has 0 amide bonds. The van der Waals surface area contributed by atoms with Gasteiger partial charge in [-0.1, -0.05) is 43.3 Å². The van der Waals surface area contributed by atoms with Gasteiger partial charge in [0.15, 0.2) is 5.78 Å². The molecule has 0 bridgehead atoms. The van der Waals surface area contributed by atoms with Crippen molar-refractivity contribution < 1.29 is 14.3 Å². The molecule has 0 spiro atoms.